The van der Waals surface area contributed by atoms with Crippen molar-refractivity contribution in [3.63, 3.8) is 0 Å². The van der Waals surface area contributed by atoms with Crippen molar-refractivity contribution in [2.24, 2.45) is 7.05 Å². The molecule has 3 heterocycles. The number of halogens is 1. The number of aromatic nitrogens is 4. The highest BCUT2D eigenvalue weighted by atomic mass is 35.5. The van der Waals surface area contributed by atoms with E-state index in [0.717, 1.165) is 5.82 Å². The van der Waals surface area contributed by atoms with Crippen LogP contribution in [0.5, 0.6) is 0 Å². The van der Waals surface area contributed by atoms with Gasteiger partial charge >= 0.3 is 0 Å². The third-order valence-electron chi connectivity index (χ3n) is 3.78. The number of methoxy groups -OCH3 is 1. The smallest absolute Gasteiger partial charge is 0.271 e. The summed E-state index contributed by atoms with van der Waals surface area (Å²) in [4.78, 5) is 17.3. The number of likely N-dealkylation sites (tertiary alicyclic amines) is 1. The molecule has 0 unspecified atom stereocenters. The number of aromatic amines is 1. The van der Waals surface area contributed by atoms with E-state index >= 15 is 0 Å². The molecule has 0 aliphatic carbocycles. The minimum Gasteiger partial charge on any atom is -0.380 e. The molecule has 112 valence electrons. The van der Waals surface area contributed by atoms with Crippen molar-refractivity contribution in [2.75, 3.05) is 13.7 Å². The number of aryl methyl sites for hydroxylation is 1. The lowest BCUT2D eigenvalue weighted by Crippen LogP contribution is -2.33. The summed E-state index contributed by atoms with van der Waals surface area (Å²) in [6, 6.07) is 1.47. The van der Waals surface area contributed by atoms with E-state index < -0.39 is 0 Å². The first-order valence-electron chi connectivity index (χ1n) is 6.61. The van der Waals surface area contributed by atoms with E-state index in [-0.39, 0.29) is 18.1 Å². The maximum absolute atomic E-state index is 12.7. The molecule has 0 spiro atoms. The van der Waals surface area contributed by atoms with Gasteiger partial charge in [0.05, 0.1) is 17.2 Å². The van der Waals surface area contributed by atoms with E-state index in [1.165, 1.54) is 0 Å². The lowest BCUT2D eigenvalue weighted by molar-refractivity contribution is 0.0678. The van der Waals surface area contributed by atoms with Gasteiger partial charge in [0.25, 0.3) is 5.91 Å². The number of nitrogens with zero attached hydrogens (tertiary/aromatic N) is 4. The minimum atomic E-state index is -0.156. The molecule has 2 aromatic rings. The van der Waals surface area contributed by atoms with Gasteiger partial charge in [-0.3, -0.25) is 4.79 Å². The molecule has 1 N–H and O–H groups in total. The quantitative estimate of drug-likeness (QED) is 0.930. The molecule has 1 aliphatic rings. The standard InChI is InChI=1S/C13H16ClN5O2/c1-18-7-16-17-12(18)11-4-9(21-2)6-19(11)13(20)10-3-8(14)5-15-10/h3,5,7,9,11,15H,4,6H2,1-2H3/t9-,11+/m1/s1. The summed E-state index contributed by atoms with van der Waals surface area (Å²) in [7, 11) is 3.52. The van der Waals surface area contributed by atoms with Gasteiger partial charge in [-0.15, -0.1) is 10.2 Å². The monoisotopic (exact) mass is 309 g/mol. The van der Waals surface area contributed by atoms with Gasteiger partial charge in [-0.2, -0.15) is 0 Å². The fraction of sp³-hybridized carbons (Fsp3) is 0.462. The third-order valence-corrected chi connectivity index (χ3v) is 4.00. The van der Waals surface area contributed by atoms with Crippen LogP contribution in [0.2, 0.25) is 5.02 Å². The first-order valence-corrected chi connectivity index (χ1v) is 6.99. The Balaban J connectivity index is 1.91. The summed E-state index contributed by atoms with van der Waals surface area (Å²) >= 11 is 5.88. The van der Waals surface area contributed by atoms with Crippen molar-refractivity contribution in [3.8, 4) is 0 Å². The van der Waals surface area contributed by atoms with E-state index in [1.807, 2.05) is 11.6 Å². The van der Waals surface area contributed by atoms with Crippen LogP contribution in [0.1, 0.15) is 28.8 Å². The van der Waals surface area contributed by atoms with Gasteiger partial charge in [-0.1, -0.05) is 11.6 Å². The lowest BCUT2D eigenvalue weighted by atomic mass is 10.2. The molecule has 0 aromatic carbocycles. The van der Waals surface area contributed by atoms with Gasteiger partial charge in [0.15, 0.2) is 5.82 Å². The van der Waals surface area contributed by atoms with E-state index in [1.54, 1.807) is 30.6 Å². The zero-order valence-electron chi connectivity index (χ0n) is 11.8. The number of amides is 1. The third kappa shape index (κ3) is 2.54. The highest BCUT2D eigenvalue weighted by molar-refractivity contribution is 6.30. The first kappa shape index (κ1) is 14.1. The predicted molar refractivity (Wildman–Crippen MR) is 76.0 cm³/mol. The molecular formula is C13H16ClN5O2. The fourth-order valence-corrected chi connectivity index (χ4v) is 2.84. The maximum atomic E-state index is 12.7. The normalized spacial score (nSPS) is 22.0. The van der Waals surface area contributed by atoms with Crippen LogP contribution >= 0.6 is 11.6 Å². The number of carbonyl (C=O) groups is 1. The van der Waals surface area contributed by atoms with Crippen molar-refractivity contribution in [3.05, 3.63) is 35.1 Å². The molecule has 1 aliphatic heterocycles. The summed E-state index contributed by atoms with van der Waals surface area (Å²) in [6.45, 7) is 0.517. The summed E-state index contributed by atoms with van der Waals surface area (Å²) < 4.78 is 7.24. The van der Waals surface area contributed by atoms with Crippen molar-refractivity contribution in [1.82, 2.24) is 24.6 Å². The van der Waals surface area contributed by atoms with Crippen molar-refractivity contribution in [1.29, 1.82) is 0 Å². The van der Waals surface area contributed by atoms with Crippen LogP contribution in [0.4, 0.5) is 0 Å². The molecule has 1 amide bonds. The first-order chi connectivity index (χ1) is 10.1. The van der Waals surface area contributed by atoms with Crippen LogP contribution in [0.3, 0.4) is 0 Å². The largest absolute Gasteiger partial charge is 0.380 e. The van der Waals surface area contributed by atoms with Crippen molar-refractivity contribution >= 4 is 17.5 Å². The van der Waals surface area contributed by atoms with Crippen molar-refractivity contribution in [2.45, 2.75) is 18.6 Å². The second-order valence-corrected chi connectivity index (χ2v) is 5.53. The Morgan fingerprint density at radius 3 is 2.95 bits per heavy atom. The van der Waals surface area contributed by atoms with Crippen LogP contribution in [-0.4, -0.2) is 50.3 Å². The molecule has 21 heavy (non-hydrogen) atoms. The van der Waals surface area contributed by atoms with Crippen LogP contribution in [-0.2, 0) is 11.8 Å². The second kappa shape index (κ2) is 5.50. The Kier molecular flexibility index (Phi) is 3.69. The number of rotatable bonds is 3. The fourth-order valence-electron chi connectivity index (χ4n) is 2.68. The number of hydrogen-bond acceptors (Lipinski definition) is 4. The van der Waals surface area contributed by atoms with Gasteiger partial charge in [-0.25, -0.2) is 0 Å². The SMILES string of the molecule is CO[C@@H]1C[C@@H](c2nncn2C)N(C(=O)c2cc(Cl)c[nH]2)C1. The zero-order valence-corrected chi connectivity index (χ0v) is 12.5. The average Bonchev–Trinajstić information content (AvgIpc) is 3.16. The molecule has 3 rings (SSSR count). The average molecular weight is 310 g/mol. The van der Waals surface area contributed by atoms with E-state index in [4.69, 9.17) is 16.3 Å². The number of carbonyl (C=O) groups excluding carboxylic acids is 1. The Morgan fingerprint density at radius 1 is 1.57 bits per heavy atom. The topological polar surface area (TPSA) is 76.0 Å². The Morgan fingerprint density at radius 2 is 2.38 bits per heavy atom. The molecule has 1 fully saturated rings. The lowest BCUT2D eigenvalue weighted by Gasteiger charge is -2.22. The van der Waals surface area contributed by atoms with Crippen molar-refractivity contribution < 1.29 is 9.53 Å². The summed E-state index contributed by atoms with van der Waals surface area (Å²) in [6.07, 6.45) is 3.91. The molecule has 2 atom stereocenters. The van der Waals surface area contributed by atoms with E-state index in [2.05, 4.69) is 15.2 Å². The number of H-pyrrole nitrogens is 1. The summed E-state index contributed by atoms with van der Waals surface area (Å²) in [5.41, 5.74) is 0.462. The van der Waals surface area contributed by atoms with Crippen LogP contribution < -0.4 is 0 Å². The maximum Gasteiger partial charge on any atom is 0.271 e. The second-order valence-electron chi connectivity index (χ2n) is 5.10. The van der Waals surface area contributed by atoms with Gasteiger partial charge in [0.2, 0.25) is 0 Å². The van der Waals surface area contributed by atoms with E-state index in [0.29, 0.717) is 23.7 Å². The van der Waals surface area contributed by atoms with Gasteiger partial charge in [0, 0.05) is 33.3 Å². The summed E-state index contributed by atoms with van der Waals surface area (Å²) in [5.74, 6) is 0.634. The molecule has 0 radical (unpaired) electrons. The van der Waals surface area contributed by atoms with Gasteiger partial charge in [-0.05, 0) is 6.07 Å². The predicted octanol–water partition coefficient (Wildman–Crippen LogP) is 1.40. The highest BCUT2D eigenvalue weighted by Gasteiger charge is 2.39. The van der Waals surface area contributed by atoms with Gasteiger partial charge in [0.1, 0.15) is 12.0 Å². The molecule has 8 heteroatoms. The number of hydrogen-bond donors (Lipinski definition) is 1. The molecule has 2 aromatic heterocycles. The molecule has 0 bridgehead atoms. The number of ether oxygens (including phenoxy) is 1. The molecular weight excluding hydrogens is 294 g/mol. The Labute approximate surface area is 126 Å². The Hall–Kier alpha value is -1.86. The molecule has 0 saturated carbocycles. The van der Waals surface area contributed by atoms with E-state index in [9.17, 15) is 4.79 Å². The zero-order chi connectivity index (χ0) is 15.0. The summed E-state index contributed by atoms with van der Waals surface area (Å²) in [5, 5.41) is 8.53. The van der Waals surface area contributed by atoms with Crippen LogP contribution in [0.25, 0.3) is 0 Å². The molecule has 1 saturated heterocycles. The Bertz CT molecular complexity index is 653. The molecule has 7 nitrogen and oxygen atoms in total. The number of nitrogens with one attached hydrogen (secondary N) is 1. The van der Waals surface area contributed by atoms with Gasteiger partial charge < -0.3 is 19.2 Å². The van der Waals surface area contributed by atoms with Crippen LogP contribution in [0, 0.1) is 0 Å². The highest BCUT2D eigenvalue weighted by Crippen LogP contribution is 2.33. The minimum absolute atomic E-state index is 0.0129. The van der Waals surface area contributed by atoms with Crippen LogP contribution in [0.15, 0.2) is 18.6 Å².